The molecule has 0 aromatic carbocycles. The Kier molecular flexibility index (Phi) is 6.25. The van der Waals surface area contributed by atoms with Gasteiger partial charge in [0.25, 0.3) is 0 Å². The van der Waals surface area contributed by atoms with Crippen molar-refractivity contribution >= 4 is 28.4 Å². The Balaban J connectivity index is 0.00000200. The fourth-order valence-corrected chi connectivity index (χ4v) is 5.32. The number of hydrogen-bond acceptors (Lipinski definition) is 5. The summed E-state index contributed by atoms with van der Waals surface area (Å²) in [5, 5.41) is -0.640. The molecule has 0 spiro atoms. The van der Waals surface area contributed by atoms with Crippen LogP contribution in [-0.2, 0) is 19.6 Å². The summed E-state index contributed by atoms with van der Waals surface area (Å²) in [6.45, 7) is 0.834. The molecule has 0 radical (unpaired) electrons. The highest BCUT2D eigenvalue weighted by Crippen LogP contribution is 2.33. The van der Waals surface area contributed by atoms with Crippen LogP contribution in [0.2, 0.25) is 0 Å². The molecule has 118 valence electrons. The van der Waals surface area contributed by atoms with Crippen molar-refractivity contribution in [1.29, 1.82) is 0 Å². The van der Waals surface area contributed by atoms with Crippen molar-refractivity contribution < 1.29 is 17.9 Å². The predicted octanol–water partition coefficient (Wildman–Crippen LogP) is 0.503. The number of hydrogen-bond donors (Lipinski definition) is 1. The molecule has 2 N–H and O–H groups in total. The number of sulfonamides is 1. The van der Waals surface area contributed by atoms with Crippen LogP contribution >= 0.6 is 12.4 Å². The van der Waals surface area contributed by atoms with E-state index >= 15 is 0 Å². The number of ether oxygens (including phenoxy) is 1. The van der Waals surface area contributed by atoms with E-state index in [0.717, 1.165) is 12.8 Å². The molecule has 3 atom stereocenters. The van der Waals surface area contributed by atoms with E-state index in [4.69, 9.17) is 10.5 Å². The van der Waals surface area contributed by atoms with E-state index in [1.807, 2.05) is 0 Å². The third-order valence-corrected chi connectivity index (χ3v) is 6.52. The first-order valence-electron chi connectivity index (χ1n) is 6.79. The molecule has 8 heteroatoms. The minimum absolute atomic E-state index is 0. The number of carbonyl (C=O) groups is 1. The second kappa shape index (κ2) is 7.06. The van der Waals surface area contributed by atoms with Gasteiger partial charge in [-0.2, -0.15) is 0 Å². The van der Waals surface area contributed by atoms with Gasteiger partial charge in [0.1, 0.15) is 0 Å². The maximum atomic E-state index is 12.6. The number of nitrogens with two attached hydrogens (primary N) is 1. The van der Waals surface area contributed by atoms with Crippen LogP contribution in [0, 0.1) is 5.92 Å². The Morgan fingerprint density at radius 1 is 1.25 bits per heavy atom. The van der Waals surface area contributed by atoms with Gasteiger partial charge in [-0.3, -0.25) is 4.79 Å². The van der Waals surface area contributed by atoms with E-state index in [1.165, 1.54) is 11.4 Å². The second-order valence-electron chi connectivity index (χ2n) is 5.40. The third-order valence-electron chi connectivity index (χ3n) is 4.14. The second-order valence-corrected chi connectivity index (χ2v) is 7.56. The molecular weight excluding hydrogens is 304 g/mol. The van der Waals surface area contributed by atoms with Crippen LogP contribution in [0.3, 0.4) is 0 Å². The van der Waals surface area contributed by atoms with Crippen molar-refractivity contribution in [2.75, 3.05) is 20.2 Å². The molecule has 0 bridgehead atoms. The molecule has 6 nitrogen and oxygen atoms in total. The molecule has 2 aliphatic rings. The number of methoxy groups -OCH3 is 1. The van der Waals surface area contributed by atoms with E-state index in [2.05, 4.69) is 0 Å². The summed E-state index contributed by atoms with van der Waals surface area (Å²) < 4.78 is 31.5. The number of nitrogens with zero attached hydrogens (tertiary/aromatic N) is 1. The van der Waals surface area contributed by atoms with Crippen LogP contribution < -0.4 is 5.73 Å². The molecule has 0 aromatic rings. The lowest BCUT2D eigenvalue weighted by molar-refractivity contribution is -0.146. The van der Waals surface area contributed by atoms with Gasteiger partial charge >= 0.3 is 5.97 Å². The molecule has 1 heterocycles. The van der Waals surface area contributed by atoms with Gasteiger partial charge in [-0.25, -0.2) is 12.7 Å². The van der Waals surface area contributed by atoms with Crippen LogP contribution in [0.15, 0.2) is 0 Å². The molecule has 2 fully saturated rings. The fraction of sp³-hybridized carbons (Fsp3) is 0.917. The summed E-state index contributed by atoms with van der Waals surface area (Å²) in [5.74, 6) is -0.933. The molecule has 2 rings (SSSR count). The van der Waals surface area contributed by atoms with E-state index in [-0.39, 0.29) is 18.4 Å². The quantitative estimate of drug-likeness (QED) is 0.763. The normalized spacial score (nSPS) is 31.6. The van der Waals surface area contributed by atoms with Crippen LogP contribution in [-0.4, -0.2) is 50.2 Å². The first-order chi connectivity index (χ1) is 8.96. The zero-order valence-corrected chi connectivity index (χ0v) is 13.3. The highest BCUT2D eigenvalue weighted by molar-refractivity contribution is 7.89. The maximum absolute atomic E-state index is 12.6. The third kappa shape index (κ3) is 3.44. The smallest absolute Gasteiger partial charge is 0.310 e. The summed E-state index contributed by atoms with van der Waals surface area (Å²) in [5.41, 5.74) is 5.77. The summed E-state index contributed by atoms with van der Waals surface area (Å²) >= 11 is 0. The minimum Gasteiger partial charge on any atom is -0.469 e. The van der Waals surface area contributed by atoms with Crippen LogP contribution in [0.25, 0.3) is 0 Å². The Bertz CT molecular complexity index is 443. The van der Waals surface area contributed by atoms with Gasteiger partial charge in [-0.1, -0.05) is 12.8 Å². The van der Waals surface area contributed by atoms with Crippen LogP contribution in [0.1, 0.15) is 32.1 Å². The highest BCUT2D eigenvalue weighted by atomic mass is 35.5. The van der Waals surface area contributed by atoms with Crippen molar-refractivity contribution in [3.8, 4) is 0 Å². The highest BCUT2D eigenvalue weighted by Gasteiger charge is 2.44. The molecule has 0 amide bonds. The first kappa shape index (κ1) is 17.7. The lowest BCUT2D eigenvalue weighted by atomic mass is 9.89. The van der Waals surface area contributed by atoms with Gasteiger partial charge in [-0.05, 0) is 19.3 Å². The van der Waals surface area contributed by atoms with Gasteiger partial charge in [0, 0.05) is 19.1 Å². The maximum Gasteiger partial charge on any atom is 0.310 e. The summed E-state index contributed by atoms with van der Waals surface area (Å²) in [4.78, 5) is 11.8. The van der Waals surface area contributed by atoms with Gasteiger partial charge in [0.05, 0.1) is 18.3 Å². The zero-order valence-electron chi connectivity index (χ0n) is 11.7. The SMILES string of the molecule is COC(=O)C1CCCCC1S(=O)(=O)N1CC[C@@H](N)C1.Cl. The molecule has 1 saturated heterocycles. The number of esters is 1. The van der Waals surface area contributed by atoms with Crippen LogP contribution in [0.4, 0.5) is 0 Å². The molecule has 1 saturated carbocycles. The van der Waals surface area contributed by atoms with Crippen LogP contribution in [0.5, 0.6) is 0 Å². The fourth-order valence-electron chi connectivity index (χ4n) is 3.05. The first-order valence-corrected chi connectivity index (χ1v) is 8.29. The topological polar surface area (TPSA) is 89.7 Å². The van der Waals surface area contributed by atoms with E-state index in [1.54, 1.807) is 0 Å². The summed E-state index contributed by atoms with van der Waals surface area (Å²) in [6.07, 6.45) is 3.54. The molecule has 20 heavy (non-hydrogen) atoms. The molecule has 1 aliphatic carbocycles. The van der Waals surface area contributed by atoms with Crippen molar-refractivity contribution in [1.82, 2.24) is 4.31 Å². The Morgan fingerprint density at radius 2 is 1.90 bits per heavy atom. The average molecular weight is 327 g/mol. The molecule has 2 unspecified atom stereocenters. The number of rotatable bonds is 3. The lowest BCUT2D eigenvalue weighted by Gasteiger charge is -2.32. The Hall–Kier alpha value is -0.370. The predicted molar refractivity (Wildman–Crippen MR) is 78.1 cm³/mol. The Morgan fingerprint density at radius 3 is 2.45 bits per heavy atom. The molecule has 1 aliphatic heterocycles. The molecular formula is C12H23ClN2O4S. The largest absolute Gasteiger partial charge is 0.469 e. The minimum atomic E-state index is -3.45. The molecule has 0 aromatic heterocycles. The zero-order chi connectivity index (χ0) is 14.0. The van der Waals surface area contributed by atoms with Gasteiger partial charge in [-0.15, -0.1) is 12.4 Å². The van der Waals surface area contributed by atoms with Crippen molar-refractivity contribution in [3.05, 3.63) is 0 Å². The average Bonchev–Trinajstić information content (AvgIpc) is 2.85. The van der Waals surface area contributed by atoms with Crippen molar-refractivity contribution in [2.45, 2.75) is 43.4 Å². The monoisotopic (exact) mass is 326 g/mol. The van der Waals surface area contributed by atoms with E-state index in [9.17, 15) is 13.2 Å². The van der Waals surface area contributed by atoms with E-state index < -0.39 is 27.2 Å². The lowest BCUT2D eigenvalue weighted by Crippen LogP contribution is -2.46. The summed E-state index contributed by atoms with van der Waals surface area (Å²) in [7, 11) is -2.13. The van der Waals surface area contributed by atoms with E-state index in [0.29, 0.717) is 32.4 Å². The van der Waals surface area contributed by atoms with Gasteiger partial charge in [0.2, 0.25) is 10.0 Å². The number of carbonyl (C=O) groups excluding carboxylic acids is 1. The standard InChI is InChI=1S/C12H22N2O4S.ClH/c1-18-12(15)10-4-2-3-5-11(10)19(16,17)14-7-6-9(13)8-14;/h9-11H,2-8,13H2,1H3;1H/t9-,10?,11?;/m1./s1. The van der Waals surface area contributed by atoms with Crippen molar-refractivity contribution in [2.24, 2.45) is 11.7 Å². The van der Waals surface area contributed by atoms with Gasteiger partial charge in [0.15, 0.2) is 0 Å². The summed E-state index contributed by atoms with van der Waals surface area (Å²) in [6, 6.07) is -0.0880. The van der Waals surface area contributed by atoms with Gasteiger partial charge < -0.3 is 10.5 Å². The number of halogens is 1. The van der Waals surface area contributed by atoms with Crippen molar-refractivity contribution in [3.63, 3.8) is 0 Å². The Labute approximate surface area is 126 Å².